The highest BCUT2D eigenvalue weighted by Crippen LogP contribution is 2.13. The van der Waals surface area contributed by atoms with Crippen LogP contribution >= 0.6 is 12.6 Å². The molecule has 0 heterocycles. The van der Waals surface area contributed by atoms with Gasteiger partial charge in [-0.3, -0.25) is 0 Å². The number of nitrogens with zero attached hydrogens (tertiary/aromatic N) is 1. The summed E-state index contributed by atoms with van der Waals surface area (Å²) in [4.78, 5) is 2.35. The van der Waals surface area contributed by atoms with E-state index in [4.69, 9.17) is 0 Å². The summed E-state index contributed by atoms with van der Waals surface area (Å²) in [6, 6.07) is 0. The molecule has 0 spiro atoms. The predicted octanol–water partition coefficient (Wildman–Crippen LogP) is 2.14. The lowest BCUT2D eigenvalue weighted by Gasteiger charge is -2.24. The van der Waals surface area contributed by atoms with Crippen LogP contribution in [0.4, 0.5) is 0 Å². The Morgan fingerprint density at radius 3 is 2.18 bits per heavy atom. The van der Waals surface area contributed by atoms with E-state index < -0.39 is 0 Å². The molecule has 0 radical (unpaired) electrons. The van der Waals surface area contributed by atoms with Crippen molar-refractivity contribution in [3.8, 4) is 0 Å². The van der Waals surface area contributed by atoms with E-state index in [-0.39, 0.29) is 0 Å². The summed E-state index contributed by atoms with van der Waals surface area (Å²) in [5.74, 6) is 2.49. The minimum atomic E-state index is 0.739. The zero-order valence-electron chi connectivity index (χ0n) is 8.17. The highest BCUT2D eigenvalue weighted by molar-refractivity contribution is 7.80. The number of hydrogen-bond acceptors (Lipinski definition) is 2. The van der Waals surface area contributed by atoms with E-state index in [1.807, 2.05) is 0 Å². The van der Waals surface area contributed by atoms with Crippen molar-refractivity contribution in [2.75, 3.05) is 25.9 Å². The maximum atomic E-state index is 4.34. The Balaban J connectivity index is 3.68. The van der Waals surface area contributed by atoms with Gasteiger partial charge in [-0.1, -0.05) is 20.8 Å². The second kappa shape index (κ2) is 5.90. The molecule has 1 nitrogen and oxygen atoms in total. The first-order chi connectivity index (χ1) is 5.11. The Labute approximate surface area is 76.6 Å². The molecule has 0 aliphatic rings. The number of thiol groups is 1. The van der Waals surface area contributed by atoms with Crippen LogP contribution in [0.5, 0.6) is 0 Å². The smallest absolute Gasteiger partial charge is 0.00167 e. The van der Waals surface area contributed by atoms with Gasteiger partial charge in [0.1, 0.15) is 0 Å². The van der Waals surface area contributed by atoms with Crippen LogP contribution in [0.1, 0.15) is 20.8 Å². The molecule has 0 saturated heterocycles. The molecule has 0 aromatic rings. The average Bonchev–Trinajstić information content (AvgIpc) is 1.99. The van der Waals surface area contributed by atoms with Crippen molar-refractivity contribution >= 4 is 12.6 Å². The van der Waals surface area contributed by atoms with Gasteiger partial charge in [0.25, 0.3) is 0 Å². The maximum Gasteiger partial charge on any atom is 0.00167 e. The lowest BCUT2D eigenvalue weighted by atomic mass is 9.97. The molecule has 68 valence electrons. The fourth-order valence-corrected chi connectivity index (χ4v) is 1.55. The summed E-state index contributed by atoms with van der Waals surface area (Å²) in [7, 11) is 2.17. The van der Waals surface area contributed by atoms with Gasteiger partial charge in [0, 0.05) is 6.54 Å². The van der Waals surface area contributed by atoms with Gasteiger partial charge in [0.15, 0.2) is 0 Å². The summed E-state index contributed by atoms with van der Waals surface area (Å²) in [5.41, 5.74) is 0. The fourth-order valence-electron chi connectivity index (χ4n) is 1.01. The highest BCUT2D eigenvalue weighted by Gasteiger charge is 2.12. The molecule has 11 heavy (non-hydrogen) atoms. The Bertz CT molecular complexity index is 93.6. The first-order valence-electron chi connectivity index (χ1n) is 4.41. The number of rotatable bonds is 5. The largest absolute Gasteiger partial charge is 0.306 e. The third kappa shape index (κ3) is 4.70. The Hall–Kier alpha value is 0.310. The molecule has 1 unspecified atom stereocenters. The van der Waals surface area contributed by atoms with E-state index in [2.05, 4.69) is 45.3 Å². The van der Waals surface area contributed by atoms with Crippen LogP contribution in [-0.4, -0.2) is 30.8 Å². The molecule has 0 saturated carbocycles. The molecule has 0 aliphatic carbocycles. The molecule has 0 bridgehead atoms. The quantitative estimate of drug-likeness (QED) is 0.627. The first kappa shape index (κ1) is 11.3. The molecule has 2 heteroatoms. The van der Waals surface area contributed by atoms with Crippen LogP contribution in [0, 0.1) is 11.8 Å². The van der Waals surface area contributed by atoms with E-state index >= 15 is 0 Å². The minimum absolute atomic E-state index is 0.739. The molecule has 0 rings (SSSR count). The van der Waals surface area contributed by atoms with Gasteiger partial charge in [0.2, 0.25) is 0 Å². The van der Waals surface area contributed by atoms with E-state index in [9.17, 15) is 0 Å². The van der Waals surface area contributed by atoms with Crippen molar-refractivity contribution in [2.24, 2.45) is 11.8 Å². The summed E-state index contributed by atoms with van der Waals surface area (Å²) in [5, 5.41) is 0. The van der Waals surface area contributed by atoms with Gasteiger partial charge in [0.05, 0.1) is 0 Å². The van der Waals surface area contributed by atoms with Gasteiger partial charge in [-0.2, -0.15) is 12.6 Å². The summed E-state index contributed by atoms with van der Waals surface area (Å²) < 4.78 is 0. The Morgan fingerprint density at radius 2 is 1.91 bits per heavy atom. The molecule has 0 aliphatic heterocycles. The van der Waals surface area contributed by atoms with Gasteiger partial charge in [-0.05, 0) is 31.2 Å². The molecule has 0 aromatic carbocycles. The highest BCUT2D eigenvalue weighted by atomic mass is 32.1. The topological polar surface area (TPSA) is 3.24 Å². The lowest BCUT2D eigenvalue weighted by Crippen LogP contribution is -2.29. The van der Waals surface area contributed by atoms with Gasteiger partial charge in [-0.25, -0.2) is 0 Å². The van der Waals surface area contributed by atoms with E-state index in [0.29, 0.717) is 0 Å². The molecule has 0 N–H and O–H groups in total. The molecular weight excluding hydrogens is 154 g/mol. The van der Waals surface area contributed by atoms with Crippen LogP contribution in [0.15, 0.2) is 0 Å². The third-order valence-corrected chi connectivity index (χ3v) is 2.73. The van der Waals surface area contributed by atoms with Crippen LogP contribution in [-0.2, 0) is 0 Å². The Kier molecular flexibility index (Phi) is 6.06. The normalized spacial score (nSPS) is 14.5. The standard InChI is InChI=1S/C9H21NS/c1-5-10(4)6-9(7-11)8(2)3/h8-9,11H,5-7H2,1-4H3. The van der Waals surface area contributed by atoms with Crippen molar-refractivity contribution < 1.29 is 0 Å². The van der Waals surface area contributed by atoms with Crippen molar-refractivity contribution in [1.82, 2.24) is 4.90 Å². The van der Waals surface area contributed by atoms with E-state index in [1.54, 1.807) is 0 Å². The van der Waals surface area contributed by atoms with Gasteiger partial charge < -0.3 is 4.90 Å². The first-order valence-corrected chi connectivity index (χ1v) is 5.04. The molecule has 0 amide bonds. The molecule has 0 aromatic heterocycles. The SMILES string of the molecule is CCN(C)CC(CS)C(C)C. The zero-order valence-corrected chi connectivity index (χ0v) is 9.06. The van der Waals surface area contributed by atoms with Crippen LogP contribution in [0.2, 0.25) is 0 Å². The molecular formula is C9H21NS. The summed E-state index contributed by atoms with van der Waals surface area (Å²) in [6.45, 7) is 9.04. The van der Waals surface area contributed by atoms with Gasteiger partial charge in [-0.15, -0.1) is 0 Å². The van der Waals surface area contributed by atoms with Gasteiger partial charge >= 0.3 is 0 Å². The monoisotopic (exact) mass is 175 g/mol. The average molecular weight is 175 g/mol. The molecule has 0 fully saturated rings. The fraction of sp³-hybridized carbons (Fsp3) is 1.00. The second-order valence-corrected chi connectivity index (χ2v) is 3.91. The van der Waals surface area contributed by atoms with Crippen LogP contribution in [0.3, 0.4) is 0 Å². The summed E-state index contributed by atoms with van der Waals surface area (Å²) in [6.07, 6.45) is 0. The van der Waals surface area contributed by atoms with E-state index in [0.717, 1.165) is 24.1 Å². The van der Waals surface area contributed by atoms with Crippen molar-refractivity contribution in [2.45, 2.75) is 20.8 Å². The van der Waals surface area contributed by atoms with Crippen molar-refractivity contribution in [3.05, 3.63) is 0 Å². The molecule has 1 atom stereocenters. The van der Waals surface area contributed by atoms with E-state index in [1.165, 1.54) is 6.54 Å². The van der Waals surface area contributed by atoms with Crippen molar-refractivity contribution in [1.29, 1.82) is 0 Å². The second-order valence-electron chi connectivity index (χ2n) is 3.54. The third-order valence-electron chi connectivity index (χ3n) is 2.26. The summed E-state index contributed by atoms with van der Waals surface area (Å²) >= 11 is 4.34. The van der Waals surface area contributed by atoms with Crippen molar-refractivity contribution in [3.63, 3.8) is 0 Å². The Morgan fingerprint density at radius 1 is 1.36 bits per heavy atom. The predicted molar refractivity (Wildman–Crippen MR) is 55.4 cm³/mol. The number of hydrogen-bond donors (Lipinski definition) is 1. The minimum Gasteiger partial charge on any atom is -0.306 e. The van der Waals surface area contributed by atoms with Crippen LogP contribution < -0.4 is 0 Å². The van der Waals surface area contributed by atoms with Crippen LogP contribution in [0.25, 0.3) is 0 Å². The lowest BCUT2D eigenvalue weighted by molar-refractivity contribution is 0.263. The zero-order chi connectivity index (χ0) is 8.85. The maximum absolute atomic E-state index is 4.34.